The van der Waals surface area contributed by atoms with E-state index in [9.17, 15) is 9.59 Å². The molecule has 1 aromatic heterocycles. The number of rotatable bonds is 11. The van der Waals surface area contributed by atoms with Gasteiger partial charge in [0.25, 0.3) is 11.5 Å². The molecule has 1 unspecified atom stereocenters. The molecular formula is C30H32ClN3O4. The van der Waals surface area contributed by atoms with E-state index in [1.807, 2.05) is 56.3 Å². The van der Waals surface area contributed by atoms with Gasteiger partial charge >= 0.3 is 0 Å². The summed E-state index contributed by atoms with van der Waals surface area (Å²) >= 11 is 6.08. The first-order valence-corrected chi connectivity index (χ1v) is 13.2. The van der Waals surface area contributed by atoms with Crippen LogP contribution in [0.15, 0.2) is 77.6 Å². The van der Waals surface area contributed by atoms with E-state index in [2.05, 4.69) is 0 Å². The highest BCUT2D eigenvalue weighted by molar-refractivity contribution is 6.30. The lowest BCUT2D eigenvalue weighted by Gasteiger charge is -2.32. The molecule has 1 amide bonds. The van der Waals surface area contributed by atoms with Crippen LogP contribution in [-0.2, 0) is 4.74 Å². The second-order valence-electron chi connectivity index (χ2n) is 8.83. The first-order valence-electron chi connectivity index (χ1n) is 12.8. The van der Waals surface area contributed by atoms with Crippen molar-refractivity contribution < 1.29 is 14.3 Å². The van der Waals surface area contributed by atoms with E-state index in [1.165, 1.54) is 0 Å². The second kappa shape index (κ2) is 12.7. The highest BCUT2D eigenvalue weighted by atomic mass is 35.5. The van der Waals surface area contributed by atoms with Crippen LogP contribution in [0, 0.1) is 0 Å². The number of carbonyl (C=O) groups excluding carboxylic acids is 1. The molecule has 4 rings (SSSR count). The number of ether oxygens (including phenoxy) is 2. The number of aromatic nitrogens is 2. The molecule has 198 valence electrons. The maximum Gasteiger partial charge on any atom is 0.266 e. The van der Waals surface area contributed by atoms with Crippen molar-refractivity contribution in [1.29, 1.82) is 0 Å². The lowest BCUT2D eigenvalue weighted by molar-refractivity contribution is 0.0634. The van der Waals surface area contributed by atoms with Crippen molar-refractivity contribution in [3.8, 4) is 11.4 Å². The molecule has 0 aliphatic heterocycles. The Balaban J connectivity index is 1.89. The summed E-state index contributed by atoms with van der Waals surface area (Å²) in [7, 11) is 1.64. The van der Waals surface area contributed by atoms with Gasteiger partial charge in [0.1, 0.15) is 11.6 Å². The fraction of sp³-hybridized carbons (Fsp3) is 0.300. The SMILES string of the molecule is CCOc1ccc(-n2c(C(CC)N(CCCOC)C(=O)c3ccc(Cl)cc3)nc3ccccc3c2=O)cc1. The monoisotopic (exact) mass is 533 g/mol. The Morgan fingerprint density at radius 2 is 1.74 bits per heavy atom. The molecule has 3 aromatic carbocycles. The van der Waals surface area contributed by atoms with E-state index < -0.39 is 6.04 Å². The largest absolute Gasteiger partial charge is 0.494 e. The summed E-state index contributed by atoms with van der Waals surface area (Å²) in [6.07, 6.45) is 1.18. The number of amides is 1. The predicted octanol–water partition coefficient (Wildman–Crippen LogP) is 6.07. The number of hydrogen-bond acceptors (Lipinski definition) is 5. The zero-order valence-corrected chi connectivity index (χ0v) is 22.6. The highest BCUT2D eigenvalue weighted by Gasteiger charge is 2.29. The number of hydrogen-bond donors (Lipinski definition) is 0. The van der Waals surface area contributed by atoms with Gasteiger partial charge in [-0.05, 0) is 80.4 Å². The Morgan fingerprint density at radius 1 is 1.03 bits per heavy atom. The molecule has 1 atom stereocenters. The van der Waals surface area contributed by atoms with Crippen molar-refractivity contribution in [2.24, 2.45) is 0 Å². The van der Waals surface area contributed by atoms with E-state index in [0.717, 1.165) is 0 Å². The van der Waals surface area contributed by atoms with E-state index in [4.69, 9.17) is 26.1 Å². The Hall–Kier alpha value is -3.68. The van der Waals surface area contributed by atoms with Crippen LogP contribution in [0.3, 0.4) is 0 Å². The normalized spacial score (nSPS) is 11.9. The molecule has 7 nitrogen and oxygen atoms in total. The molecule has 0 fully saturated rings. The van der Waals surface area contributed by atoms with Gasteiger partial charge in [0.15, 0.2) is 0 Å². The summed E-state index contributed by atoms with van der Waals surface area (Å²) in [5.41, 5.74) is 1.56. The van der Waals surface area contributed by atoms with Gasteiger partial charge in [-0.1, -0.05) is 30.7 Å². The van der Waals surface area contributed by atoms with E-state index in [1.54, 1.807) is 46.9 Å². The van der Waals surface area contributed by atoms with Crippen molar-refractivity contribution in [2.75, 3.05) is 26.9 Å². The number of carbonyl (C=O) groups is 1. The minimum absolute atomic E-state index is 0.162. The number of para-hydroxylation sites is 1. The van der Waals surface area contributed by atoms with Crippen LogP contribution in [0.1, 0.15) is 48.9 Å². The third kappa shape index (κ3) is 5.90. The summed E-state index contributed by atoms with van der Waals surface area (Å²) in [5.74, 6) is 1.05. The van der Waals surface area contributed by atoms with Crippen LogP contribution >= 0.6 is 11.6 Å². The zero-order valence-electron chi connectivity index (χ0n) is 21.9. The van der Waals surface area contributed by atoms with E-state index in [-0.39, 0.29) is 11.5 Å². The number of methoxy groups -OCH3 is 1. The molecule has 0 saturated heterocycles. The first-order chi connectivity index (χ1) is 18.5. The number of nitrogens with zero attached hydrogens (tertiary/aromatic N) is 3. The summed E-state index contributed by atoms with van der Waals surface area (Å²) in [6.45, 7) is 5.39. The molecule has 8 heteroatoms. The van der Waals surface area contributed by atoms with Gasteiger partial charge in [0.05, 0.1) is 29.2 Å². The van der Waals surface area contributed by atoms with Crippen molar-refractivity contribution >= 4 is 28.4 Å². The zero-order chi connectivity index (χ0) is 27.1. The van der Waals surface area contributed by atoms with Crippen molar-refractivity contribution in [1.82, 2.24) is 14.5 Å². The van der Waals surface area contributed by atoms with Gasteiger partial charge in [-0.3, -0.25) is 14.2 Å². The number of fused-ring (bicyclic) bond motifs is 1. The Morgan fingerprint density at radius 3 is 2.39 bits per heavy atom. The summed E-state index contributed by atoms with van der Waals surface area (Å²) in [5, 5.41) is 1.06. The summed E-state index contributed by atoms with van der Waals surface area (Å²) in [4.78, 5) is 34.5. The molecule has 0 spiro atoms. The molecule has 4 aromatic rings. The van der Waals surface area contributed by atoms with Crippen LogP contribution in [-0.4, -0.2) is 47.2 Å². The lowest BCUT2D eigenvalue weighted by atomic mass is 10.1. The molecular weight excluding hydrogens is 502 g/mol. The predicted molar refractivity (Wildman–Crippen MR) is 151 cm³/mol. The standard InChI is InChI=1S/C30H32ClN3O4/c1-4-27(33(19-8-20-37-3)29(35)21-11-13-22(31)14-12-21)28-32-26-10-7-6-9-25(26)30(36)34(28)23-15-17-24(18-16-23)38-5-2/h6-7,9-18,27H,4-5,8,19-20H2,1-3H3. The number of benzene rings is 3. The third-order valence-electron chi connectivity index (χ3n) is 6.37. The maximum absolute atomic E-state index is 13.9. The summed E-state index contributed by atoms with van der Waals surface area (Å²) in [6, 6.07) is 21.0. The van der Waals surface area contributed by atoms with Crippen LogP contribution in [0.5, 0.6) is 5.75 Å². The smallest absolute Gasteiger partial charge is 0.266 e. The number of halogens is 1. The Kier molecular flexibility index (Phi) is 9.15. The lowest BCUT2D eigenvalue weighted by Crippen LogP contribution is -2.39. The van der Waals surface area contributed by atoms with Gasteiger partial charge in [0, 0.05) is 30.8 Å². The van der Waals surface area contributed by atoms with E-state index in [0.29, 0.717) is 71.4 Å². The molecule has 0 radical (unpaired) electrons. The van der Waals surface area contributed by atoms with Gasteiger partial charge in [-0.15, -0.1) is 0 Å². The Labute approximate surface area is 227 Å². The molecule has 0 bridgehead atoms. The van der Waals surface area contributed by atoms with Crippen LogP contribution in [0.4, 0.5) is 0 Å². The van der Waals surface area contributed by atoms with Crippen molar-refractivity contribution in [3.63, 3.8) is 0 Å². The third-order valence-corrected chi connectivity index (χ3v) is 6.62. The minimum atomic E-state index is -0.473. The average molecular weight is 534 g/mol. The van der Waals surface area contributed by atoms with E-state index >= 15 is 0 Å². The quantitative estimate of drug-likeness (QED) is 0.219. The van der Waals surface area contributed by atoms with Gasteiger partial charge in [-0.25, -0.2) is 4.98 Å². The Bertz CT molecular complexity index is 1440. The highest BCUT2D eigenvalue weighted by Crippen LogP contribution is 2.28. The van der Waals surface area contributed by atoms with Crippen LogP contribution in [0.25, 0.3) is 16.6 Å². The maximum atomic E-state index is 13.9. The van der Waals surface area contributed by atoms with Gasteiger partial charge in [0.2, 0.25) is 0 Å². The fourth-order valence-corrected chi connectivity index (χ4v) is 4.69. The fourth-order valence-electron chi connectivity index (χ4n) is 4.56. The van der Waals surface area contributed by atoms with Crippen LogP contribution < -0.4 is 10.3 Å². The van der Waals surface area contributed by atoms with Gasteiger partial charge < -0.3 is 14.4 Å². The second-order valence-corrected chi connectivity index (χ2v) is 9.27. The van der Waals surface area contributed by atoms with Crippen molar-refractivity contribution in [2.45, 2.75) is 32.7 Å². The van der Waals surface area contributed by atoms with Crippen LogP contribution in [0.2, 0.25) is 5.02 Å². The van der Waals surface area contributed by atoms with Crippen molar-refractivity contribution in [3.05, 3.63) is 99.6 Å². The molecule has 0 aliphatic rings. The molecule has 0 saturated carbocycles. The summed E-state index contributed by atoms with van der Waals surface area (Å²) < 4.78 is 12.5. The molecule has 1 heterocycles. The molecule has 0 aliphatic carbocycles. The van der Waals surface area contributed by atoms with Gasteiger partial charge in [-0.2, -0.15) is 0 Å². The topological polar surface area (TPSA) is 73.7 Å². The average Bonchev–Trinajstić information content (AvgIpc) is 2.94. The first kappa shape index (κ1) is 27.4. The molecule has 0 N–H and O–H groups in total. The molecule has 38 heavy (non-hydrogen) atoms. The minimum Gasteiger partial charge on any atom is -0.494 e.